The smallest absolute Gasteiger partial charge is 0.259 e. The van der Waals surface area contributed by atoms with Gasteiger partial charge in [0.05, 0.1) is 12.7 Å². The summed E-state index contributed by atoms with van der Waals surface area (Å²) >= 11 is 0. The van der Waals surface area contributed by atoms with Crippen LogP contribution in [0.3, 0.4) is 0 Å². The van der Waals surface area contributed by atoms with E-state index < -0.39 is 0 Å². The molecule has 0 aliphatic carbocycles. The second-order valence-electron chi connectivity index (χ2n) is 3.76. The number of nitrogens with one attached hydrogen (secondary N) is 2. The number of ether oxygens (including phenoxy) is 1. The lowest BCUT2D eigenvalue weighted by molar-refractivity contribution is 0.415. The Kier molecular flexibility index (Phi) is 3.14. The number of aromatic amines is 1. The molecule has 0 saturated carbocycles. The molecule has 0 bridgehead atoms. The van der Waals surface area contributed by atoms with Crippen molar-refractivity contribution in [1.82, 2.24) is 4.98 Å². The number of rotatable bonds is 3. The number of methoxy groups -OCH3 is 1. The molecule has 0 aliphatic rings. The number of nitrogen functional groups attached to an aromatic ring is 1. The van der Waals surface area contributed by atoms with E-state index in [4.69, 9.17) is 15.9 Å². The van der Waals surface area contributed by atoms with Crippen LogP contribution < -0.4 is 16.0 Å². The number of benzene rings is 1. The highest BCUT2D eigenvalue weighted by Gasteiger charge is 2.05. The Balaban J connectivity index is 2.48. The summed E-state index contributed by atoms with van der Waals surface area (Å²) in [5.74, 6) is 0.470. The third-order valence-corrected chi connectivity index (χ3v) is 2.58. The van der Waals surface area contributed by atoms with Gasteiger partial charge in [-0.1, -0.05) is 12.1 Å². The first-order chi connectivity index (χ1) is 8.61. The molecular weight excluding hydrogens is 230 g/mol. The Hall–Kier alpha value is -2.56. The second kappa shape index (κ2) is 4.75. The molecule has 5 nitrogen and oxygen atoms in total. The highest BCUT2D eigenvalue weighted by Crippen LogP contribution is 2.21. The van der Waals surface area contributed by atoms with Gasteiger partial charge in [0.2, 0.25) is 0 Å². The van der Waals surface area contributed by atoms with Gasteiger partial charge in [0.15, 0.2) is 0 Å². The lowest BCUT2D eigenvalue weighted by Crippen LogP contribution is -2.23. The van der Waals surface area contributed by atoms with E-state index in [2.05, 4.69) is 4.98 Å². The average molecular weight is 243 g/mol. The zero-order valence-corrected chi connectivity index (χ0v) is 9.86. The number of nitrogens with two attached hydrogens (primary N) is 1. The maximum absolute atomic E-state index is 11.7. The van der Waals surface area contributed by atoms with Crippen molar-refractivity contribution in [2.45, 2.75) is 0 Å². The van der Waals surface area contributed by atoms with Crippen LogP contribution in [0, 0.1) is 5.41 Å². The SMILES string of the molecule is COc1cccc(-c2ccc(C(=N)N)c(=O)[nH]2)c1. The molecule has 0 saturated heterocycles. The van der Waals surface area contributed by atoms with Crippen LogP contribution in [0.2, 0.25) is 0 Å². The average Bonchev–Trinajstić information content (AvgIpc) is 2.38. The second-order valence-corrected chi connectivity index (χ2v) is 3.76. The number of aromatic nitrogens is 1. The van der Waals surface area contributed by atoms with Gasteiger partial charge in [-0.25, -0.2) is 0 Å². The maximum Gasteiger partial charge on any atom is 0.259 e. The standard InChI is InChI=1S/C13H13N3O2/c1-18-9-4-2-3-8(7-9)11-6-5-10(12(14)15)13(17)16-11/h2-7H,1H3,(H3,14,15)(H,16,17). The maximum atomic E-state index is 11.7. The van der Waals surface area contributed by atoms with Crippen LogP contribution in [-0.4, -0.2) is 17.9 Å². The van der Waals surface area contributed by atoms with Crippen LogP contribution in [0.4, 0.5) is 0 Å². The molecule has 1 heterocycles. The van der Waals surface area contributed by atoms with Crippen molar-refractivity contribution < 1.29 is 4.74 Å². The molecule has 0 unspecified atom stereocenters. The summed E-state index contributed by atoms with van der Waals surface area (Å²) in [5, 5.41) is 7.25. The van der Waals surface area contributed by atoms with E-state index in [0.29, 0.717) is 11.4 Å². The number of pyridine rings is 1. The Bertz CT molecular complexity index is 647. The minimum Gasteiger partial charge on any atom is -0.497 e. The highest BCUT2D eigenvalue weighted by atomic mass is 16.5. The van der Waals surface area contributed by atoms with Crippen LogP contribution in [0.25, 0.3) is 11.3 Å². The van der Waals surface area contributed by atoms with Crippen LogP contribution in [-0.2, 0) is 0 Å². The molecule has 2 aromatic rings. The van der Waals surface area contributed by atoms with Gasteiger partial charge in [-0.05, 0) is 24.3 Å². The largest absolute Gasteiger partial charge is 0.497 e. The van der Waals surface area contributed by atoms with Crippen LogP contribution in [0.5, 0.6) is 5.75 Å². The summed E-state index contributed by atoms with van der Waals surface area (Å²) in [5.41, 5.74) is 6.58. The molecule has 0 aliphatic heterocycles. The van der Waals surface area contributed by atoms with Gasteiger partial charge in [-0.2, -0.15) is 0 Å². The van der Waals surface area contributed by atoms with E-state index in [9.17, 15) is 4.79 Å². The van der Waals surface area contributed by atoms with Crippen molar-refractivity contribution in [2.24, 2.45) is 5.73 Å². The third-order valence-electron chi connectivity index (χ3n) is 2.58. The molecule has 5 heteroatoms. The first kappa shape index (κ1) is 11.9. The fraction of sp³-hybridized carbons (Fsp3) is 0.0769. The normalized spacial score (nSPS) is 10.1. The van der Waals surface area contributed by atoms with E-state index in [-0.39, 0.29) is 17.0 Å². The van der Waals surface area contributed by atoms with Gasteiger partial charge in [-0.15, -0.1) is 0 Å². The molecule has 1 aromatic heterocycles. The first-order valence-corrected chi connectivity index (χ1v) is 5.34. The van der Waals surface area contributed by atoms with Crippen molar-refractivity contribution in [3.63, 3.8) is 0 Å². The number of amidine groups is 1. The molecule has 0 amide bonds. The number of hydrogen-bond acceptors (Lipinski definition) is 3. The summed E-state index contributed by atoms with van der Waals surface area (Å²) in [6.07, 6.45) is 0. The minimum atomic E-state index is -0.372. The molecule has 92 valence electrons. The first-order valence-electron chi connectivity index (χ1n) is 5.34. The quantitative estimate of drug-likeness (QED) is 0.561. The Morgan fingerprint density at radius 3 is 2.72 bits per heavy atom. The zero-order valence-electron chi connectivity index (χ0n) is 9.86. The predicted octanol–water partition coefficient (Wildman–Crippen LogP) is 1.33. The molecule has 4 N–H and O–H groups in total. The summed E-state index contributed by atoms with van der Waals surface area (Å²) in [6.45, 7) is 0. The van der Waals surface area contributed by atoms with Gasteiger partial charge < -0.3 is 15.5 Å². The minimum absolute atomic E-state index is 0.168. The van der Waals surface area contributed by atoms with Crippen LogP contribution in [0.15, 0.2) is 41.2 Å². The summed E-state index contributed by atoms with van der Waals surface area (Å²) in [4.78, 5) is 14.4. The Labute approximate surface area is 104 Å². The molecule has 18 heavy (non-hydrogen) atoms. The van der Waals surface area contributed by atoms with Crippen molar-refractivity contribution >= 4 is 5.84 Å². The highest BCUT2D eigenvalue weighted by molar-refractivity contribution is 5.94. The molecule has 0 atom stereocenters. The van der Waals surface area contributed by atoms with Gasteiger partial charge in [0.1, 0.15) is 11.6 Å². The fourth-order valence-corrected chi connectivity index (χ4v) is 1.64. The molecule has 2 rings (SSSR count). The fourth-order valence-electron chi connectivity index (χ4n) is 1.64. The molecule has 0 radical (unpaired) electrons. The Morgan fingerprint density at radius 1 is 1.33 bits per heavy atom. The molecule has 0 fully saturated rings. The van der Waals surface area contributed by atoms with E-state index in [1.807, 2.05) is 24.3 Å². The molecule has 1 aromatic carbocycles. The number of hydrogen-bond donors (Lipinski definition) is 3. The van der Waals surface area contributed by atoms with E-state index in [1.165, 1.54) is 6.07 Å². The van der Waals surface area contributed by atoms with Crippen molar-refractivity contribution in [3.8, 4) is 17.0 Å². The lowest BCUT2D eigenvalue weighted by Gasteiger charge is -2.05. The third kappa shape index (κ3) is 2.24. The van der Waals surface area contributed by atoms with Crippen molar-refractivity contribution in [2.75, 3.05) is 7.11 Å². The monoisotopic (exact) mass is 243 g/mol. The molecular formula is C13H13N3O2. The van der Waals surface area contributed by atoms with Gasteiger partial charge >= 0.3 is 0 Å². The lowest BCUT2D eigenvalue weighted by atomic mass is 10.1. The van der Waals surface area contributed by atoms with Crippen LogP contribution in [0.1, 0.15) is 5.56 Å². The van der Waals surface area contributed by atoms with Gasteiger partial charge in [0, 0.05) is 11.3 Å². The summed E-state index contributed by atoms with van der Waals surface area (Å²) in [7, 11) is 1.58. The zero-order chi connectivity index (χ0) is 13.1. The van der Waals surface area contributed by atoms with Crippen molar-refractivity contribution in [1.29, 1.82) is 5.41 Å². The van der Waals surface area contributed by atoms with Crippen LogP contribution >= 0.6 is 0 Å². The van der Waals surface area contributed by atoms with Gasteiger partial charge in [-0.3, -0.25) is 10.2 Å². The Morgan fingerprint density at radius 2 is 2.11 bits per heavy atom. The summed E-state index contributed by atoms with van der Waals surface area (Å²) in [6, 6.07) is 10.6. The van der Waals surface area contributed by atoms with E-state index in [1.54, 1.807) is 13.2 Å². The van der Waals surface area contributed by atoms with E-state index >= 15 is 0 Å². The van der Waals surface area contributed by atoms with Gasteiger partial charge in [0.25, 0.3) is 5.56 Å². The van der Waals surface area contributed by atoms with Crippen molar-refractivity contribution in [3.05, 3.63) is 52.3 Å². The molecule has 0 spiro atoms. The number of H-pyrrole nitrogens is 1. The topological polar surface area (TPSA) is 92.0 Å². The summed E-state index contributed by atoms with van der Waals surface area (Å²) < 4.78 is 5.12. The van der Waals surface area contributed by atoms with E-state index in [0.717, 1.165) is 5.56 Å². The predicted molar refractivity (Wildman–Crippen MR) is 70.1 cm³/mol.